The van der Waals surface area contributed by atoms with Gasteiger partial charge in [0.1, 0.15) is 11.3 Å². The molecule has 0 unspecified atom stereocenters. The maximum Gasteiger partial charge on any atom is 0.193 e. The van der Waals surface area contributed by atoms with Crippen LogP contribution in [0.15, 0.2) is 63.8 Å². The zero-order chi connectivity index (χ0) is 13.2. The SMILES string of the molecule is NCc1ccc(-c2cc(=O)c3ccccc3o2)cc1. The molecule has 94 valence electrons. The van der Waals surface area contributed by atoms with Gasteiger partial charge in [0.25, 0.3) is 0 Å². The summed E-state index contributed by atoms with van der Waals surface area (Å²) in [5.41, 5.74) is 8.06. The minimum atomic E-state index is -0.0280. The Morgan fingerprint density at radius 1 is 1.00 bits per heavy atom. The van der Waals surface area contributed by atoms with Crippen molar-refractivity contribution >= 4 is 11.0 Å². The van der Waals surface area contributed by atoms with E-state index in [1.54, 1.807) is 12.1 Å². The smallest absolute Gasteiger partial charge is 0.193 e. The second kappa shape index (κ2) is 4.71. The zero-order valence-corrected chi connectivity index (χ0v) is 10.3. The molecule has 2 aromatic carbocycles. The van der Waals surface area contributed by atoms with Crippen molar-refractivity contribution in [1.82, 2.24) is 0 Å². The Morgan fingerprint density at radius 3 is 2.47 bits per heavy atom. The molecule has 19 heavy (non-hydrogen) atoms. The Balaban J connectivity index is 2.16. The van der Waals surface area contributed by atoms with Crippen LogP contribution in [0, 0.1) is 0 Å². The third-order valence-electron chi connectivity index (χ3n) is 3.11. The number of hydrogen-bond acceptors (Lipinski definition) is 3. The minimum Gasteiger partial charge on any atom is -0.456 e. The molecular formula is C16H13NO2. The lowest BCUT2D eigenvalue weighted by Crippen LogP contribution is -2.00. The van der Waals surface area contributed by atoms with Gasteiger partial charge in [-0.2, -0.15) is 0 Å². The lowest BCUT2D eigenvalue weighted by Gasteiger charge is -2.04. The van der Waals surface area contributed by atoms with E-state index >= 15 is 0 Å². The van der Waals surface area contributed by atoms with Crippen LogP contribution in [0.1, 0.15) is 5.56 Å². The lowest BCUT2D eigenvalue weighted by molar-refractivity contribution is 0.619. The van der Waals surface area contributed by atoms with Crippen LogP contribution < -0.4 is 11.2 Å². The van der Waals surface area contributed by atoms with Crippen molar-refractivity contribution in [2.45, 2.75) is 6.54 Å². The van der Waals surface area contributed by atoms with Crippen LogP contribution in [0.2, 0.25) is 0 Å². The van der Waals surface area contributed by atoms with Crippen LogP contribution in [0.3, 0.4) is 0 Å². The highest BCUT2D eigenvalue weighted by molar-refractivity contribution is 5.78. The minimum absolute atomic E-state index is 0.0280. The zero-order valence-electron chi connectivity index (χ0n) is 10.3. The molecule has 1 aromatic heterocycles. The molecule has 3 rings (SSSR count). The second-order valence-electron chi connectivity index (χ2n) is 4.37. The van der Waals surface area contributed by atoms with E-state index in [9.17, 15) is 4.79 Å². The van der Waals surface area contributed by atoms with Crippen LogP contribution >= 0.6 is 0 Å². The van der Waals surface area contributed by atoms with Gasteiger partial charge >= 0.3 is 0 Å². The van der Waals surface area contributed by atoms with Crippen molar-refractivity contribution in [2.75, 3.05) is 0 Å². The molecule has 0 aliphatic carbocycles. The lowest BCUT2D eigenvalue weighted by atomic mass is 10.1. The Kier molecular flexibility index (Phi) is 2.89. The summed E-state index contributed by atoms with van der Waals surface area (Å²) < 4.78 is 5.77. The quantitative estimate of drug-likeness (QED) is 0.761. The predicted octanol–water partition coefficient (Wildman–Crippen LogP) is 2.92. The van der Waals surface area contributed by atoms with Gasteiger partial charge in [0, 0.05) is 18.2 Å². The van der Waals surface area contributed by atoms with Gasteiger partial charge in [-0.25, -0.2) is 0 Å². The largest absolute Gasteiger partial charge is 0.456 e. The summed E-state index contributed by atoms with van der Waals surface area (Å²) in [6.45, 7) is 0.502. The van der Waals surface area contributed by atoms with Gasteiger partial charge in [-0.1, -0.05) is 36.4 Å². The van der Waals surface area contributed by atoms with Crippen molar-refractivity contribution in [2.24, 2.45) is 5.73 Å². The van der Waals surface area contributed by atoms with Crippen LogP contribution in [0.25, 0.3) is 22.3 Å². The third kappa shape index (κ3) is 2.16. The van der Waals surface area contributed by atoms with Gasteiger partial charge in [0.2, 0.25) is 0 Å². The standard InChI is InChI=1S/C16H13NO2/c17-10-11-5-7-12(8-6-11)16-9-14(18)13-3-1-2-4-15(13)19-16/h1-9H,10,17H2. The van der Waals surface area contributed by atoms with Crippen LogP contribution in [-0.4, -0.2) is 0 Å². The molecule has 0 bridgehead atoms. The van der Waals surface area contributed by atoms with Crippen molar-refractivity contribution in [1.29, 1.82) is 0 Å². The maximum absolute atomic E-state index is 12.0. The van der Waals surface area contributed by atoms with E-state index in [1.807, 2.05) is 36.4 Å². The van der Waals surface area contributed by atoms with E-state index < -0.39 is 0 Å². The van der Waals surface area contributed by atoms with Crippen LogP contribution in [0.5, 0.6) is 0 Å². The fraction of sp³-hybridized carbons (Fsp3) is 0.0625. The van der Waals surface area contributed by atoms with E-state index in [1.165, 1.54) is 6.07 Å². The summed E-state index contributed by atoms with van der Waals surface area (Å²) in [6, 6.07) is 16.5. The monoisotopic (exact) mass is 251 g/mol. The highest BCUT2D eigenvalue weighted by Crippen LogP contribution is 2.22. The molecule has 0 amide bonds. The topological polar surface area (TPSA) is 56.2 Å². The molecule has 0 aliphatic heterocycles. The molecule has 3 heteroatoms. The summed E-state index contributed by atoms with van der Waals surface area (Å²) in [7, 11) is 0. The first kappa shape index (κ1) is 11.7. The van der Waals surface area contributed by atoms with Crippen LogP contribution in [-0.2, 0) is 6.54 Å². The Labute approximate surface area is 110 Å². The summed E-state index contributed by atoms with van der Waals surface area (Å²) in [6.07, 6.45) is 0. The van der Waals surface area contributed by atoms with Crippen molar-refractivity contribution < 1.29 is 4.42 Å². The van der Waals surface area contributed by atoms with Gasteiger partial charge in [-0.05, 0) is 17.7 Å². The first-order chi connectivity index (χ1) is 9.28. The molecule has 0 saturated carbocycles. The molecule has 3 aromatic rings. The number of benzene rings is 2. The average Bonchev–Trinajstić information content (AvgIpc) is 2.47. The van der Waals surface area contributed by atoms with E-state index in [0.717, 1.165) is 11.1 Å². The molecule has 0 atom stereocenters. The molecule has 2 N–H and O–H groups in total. The third-order valence-corrected chi connectivity index (χ3v) is 3.11. The molecule has 0 spiro atoms. The molecule has 0 radical (unpaired) electrons. The van der Waals surface area contributed by atoms with E-state index in [-0.39, 0.29) is 5.43 Å². The predicted molar refractivity (Wildman–Crippen MR) is 75.8 cm³/mol. The van der Waals surface area contributed by atoms with Gasteiger partial charge < -0.3 is 10.2 Å². The molecule has 1 heterocycles. The first-order valence-electron chi connectivity index (χ1n) is 6.10. The summed E-state index contributed by atoms with van der Waals surface area (Å²) >= 11 is 0. The Hall–Kier alpha value is -2.39. The van der Waals surface area contributed by atoms with E-state index in [0.29, 0.717) is 23.3 Å². The number of para-hydroxylation sites is 1. The molecule has 0 fully saturated rings. The number of fused-ring (bicyclic) bond motifs is 1. The molecule has 0 saturated heterocycles. The van der Waals surface area contributed by atoms with Crippen molar-refractivity contribution in [3.63, 3.8) is 0 Å². The summed E-state index contributed by atoms with van der Waals surface area (Å²) in [5.74, 6) is 0.576. The molecule has 0 aliphatic rings. The van der Waals surface area contributed by atoms with Gasteiger partial charge in [-0.3, -0.25) is 4.79 Å². The van der Waals surface area contributed by atoms with E-state index in [4.69, 9.17) is 10.2 Å². The highest BCUT2D eigenvalue weighted by Gasteiger charge is 2.06. The van der Waals surface area contributed by atoms with Gasteiger partial charge in [0.05, 0.1) is 5.39 Å². The fourth-order valence-electron chi connectivity index (χ4n) is 2.05. The molecular weight excluding hydrogens is 238 g/mol. The van der Waals surface area contributed by atoms with Gasteiger partial charge in [-0.15, -0.1) is 0 Å². The Morgan fingerprint density at radius 2 is 1.74 bits per heavy atom. The average molecular weight is 251 g/mol. The fourth-order valence-corrected chi connectivity index (χ4v) is 2.05. The first-order valence-corrected chi connectivity index (χ1v) is 6.10. The summed E-state index contributed by atoms with van der Waals surface area (Å²) in [4.78, 5) is 12.0. The normalized spacial score (nSPS) is 10.8. The van der Waals surface area contributed by atoms with E-state index in [2.05, 4.69) is 0 Å². The van der Waals surface area contributed by atoms with Gasteiger partial charge in [0.15, 0.2) is 5.43 Å². The molecule has 3 nitrogen and oxygen atoms in total. The maximum atomic E-state index is 12.0. The second-order valence-corrected chi connectivity index (χ2v) is 4.37. The number of hydrogen-bond donors (Lipinski definition) is 1. The van der Waals surface area contributed by atoms with Crippen molar-refractivity contribution in [3.8, 4) is 11.3 Å². The van der Waals surface area contributed by atoms with Crippen molar-refractivity contribution in [3.05, 3.63) is 70.4 Å². The summed E-state index contributed by atoms with van der Waals surface area (Å²) in [5, 5.41) is 0.602. The highest BCUT2D eigenvalue weighted by atomic mass is 16.3. The Bertz CT molecular complexity index is 773. The number of rotatable bonds is 2. The number of nitrogens with two attached hydrogens (primary N) is 1. The van der Waals surface area contributed by atoms with Crippen LogP contribution in [0.4, 0.5) is 0 Å².